The fourth-order valence-corrected chi connectivity index (χ4v) is 6.37. The standard InChI is InChI=1S/C27H38N4O2/c1-20(32)28-21-11-13-23(14-12-21)31-19-25(24-9-5-6-10-26(24)31)27(33)30-17-15-29(16-18-30)22-7-3-2-4-8-22/h5-6,9-10,19,21-23H,2-4,7-8,11-18H2,1H3,(H,28,32). The predicted octanol–water partition coefficient (Wildman–Crippen LogP) is 4.35. The van der Waals surface area contributed by atoms with Crippen molar-refractivity contribution in [2.45, 2.75) is 82.8 Å². The lowest BCUT2D eigenvalue weighted by atomic mass is 9.91. The van der Waals surface area contributed by atoms with Crippen molar-refractivity contribution in [2.75, 3.05) is 26.2 Å². The summed E-state index contributed by atoms with van der Waals surface area (Å²) in [6.07, 6.45) is 12.9. The lowest BCUT2D eigenvalue weighted by Crippen LogP contribution is -2.52. The van der Waals surface area contributed by atoms with E-state index in [1.807, 2.05) is 6.07 Å². The average molecular weight is 451 g/mol. The van der Waals surface area contributed by atoms with Gasteiger partial charge in [0, 0.05) is 68.3 Å². The molecule has 3 fully saturated rings. The number of para-hydroxylation sites is 1. The molecule has 5 rings (SSSR count). The molecule has 2 heterocycles. The molecule has 1 aromatic carbocycles. The molecule has 3 aliphatic rings. The number of piperazine rings is 1. The normalized spacial score (nSPS) is 25.3. The first-order valence-corrected chi connectivity index (χ1v) is 13.0. The van der Waals surface area contributed by atoms with Gasteiger partial charge in [-0.2, -0.15) is 0 Å². The van der Waals surface area contributed by atoms with Crippen LogP contribution in [0.2, 0.25) is 0 Å². The van der Waals surface area contributed by atoms with Crippen molar-refractivity contribution in [1.82, 2.24) is 19.7 Å². The number of benzene rings is 1. The van der Waals surface area contributed by atoms with E-state index in [0.717, 1.165) is 74.4 Å². The number of carbonyl (C=O) groups excluding carboxylic acids is 2. The van der Waals surface area contributed by atoms with Crippen molar-refractivity contribution >= 4 is 22.7 Å². The van der Waals surface area contributed by atoms with E-state index in [2.05, 4.69) is 44.1 Å². The van der Waals surface area contributed by atoms with Crippen LogP contribution in [-0.2, 0) is 4.79 Å². The molecular formula is C27H38N4O2. The minimum absolute atomic E-state index is 0.0568. The minimum atomic E-state index is 0.0568. The number of fused-ring (bicyclic) bond motifs is 1. The molecule has 2 aromatic rings. The molecule has 1 saturated heterocycles. The van der Waals surface area contributed by atoms with Crippen molar-refractivity contribution < 1.29 is 9.59 Å². The molecule has 0 atom stereocenters. The van der Waals surface area contributed by atoms with Crippen molar-refractivity contribution in [3.8, 4) is 0 Å². The van der Waals surface area contributed by atoms with Gasteiger partial charge < -0.3 is 14.8 Å². The van der Waals surface area contributed by atoms with Crippen LogP contribution in [0, 0.1) is 0 Å². The van der Waals surface area contributed by atoms with E-state index in [1.165, 1.54) is 32.1 Å². The zero-order valence-corrected chi connectivity index (χ0v) is 20.0. The Balaban J connectivity index is 1.29. The minimum Gasteiger partial charge on any atom is -0.354 e. The van der Waals surface area contributed by atoms with Crippen LogP contribution in [0.4, 0.5) is 0 Å². The Hall–Kier alpha value is -2.34. The molecule has 6 nitrogen and oxygen atoms in total. The maximum Gasteiger partial charge on any atom is 0.256 e. The number of nitrogens with one attached hydrogen (secondary N) is 1. The van der Waals surface area contributed by atoms with Crippen LogP contribution in [0.1, 0.15) is 81.1 Å². The van der Waals surface area contributed by atoms with Gasteiger partial charge in [-0.3, -0.25) is 14.5 Å². The van der Waals surface area contributed by atoms with Gasteiger partial charge in [-0.05, 0) is 44.6 Å². The zero-order valence-electron chi connectivity index (χ0n) is 20.0. The second-order valence-corrected chi connectivity index (χ2v) is 10.3. The third kappa shape index (κ3) is 4.81. The van der Waals surface area contributed by atoms with Crippen LogP contribution in [0.25, 0.3) is 10.9 Å². The number of nitrogens with zero attached hydrogens (tertiary/aromatic N) is 3. The van der Waals surface area contributed by atoms with Crippen LogP contribution >= 0.6 is 0 Å². The Morgan fingerprint density at radius 1 is 0.848 bits per heavy atom. The number of aromatic nitrogens is 1. The molecule has 1 aliphatic heterocycles. The van der Waals surface area contributed by atoms with E-state index in [0.29, 0.717) is 6.04 Å². The highest BCUT2D eigenvalue weighted by atomic mass is 16.2. The molecule has 0 bridgehead atoms. The predicted molar refractivity (Wildman–Crippen MR) is 131 cm³/mol. The number of hydrogen-bond acceptors (Lipinski definition) is 3. The molecule has 6 heteroatoms. The van der Waals surface area contributed by atoms with Gasteiger partial charge in [0.25, 0.3) is 5.91 Å². The summed E-state index contributed by atoms with van der Waals surface area (Å²) in [7, 11) is 0. The number of amides is 2. The van der Waals surface area contributed by atoms with E-state index in [4.69, 9.17) is 0 Å². The van der Waals surface area contributed by atoms with Gasteiger partial charge in [0.05, 0.1) is 5.56 Å². The van der Waals surface area contributed by atoms with E-state index < -0.39 is 0 Å². The molecular weight excluding hydrogens is 412 g/mol. The molecule has 0 radical (unpaired) electrons. The molecule has 0 spiro atoms. The van der Waals surface area contributed by atoms with Crippen LogP contribution in [0.15, 0.2) is 30.5 Å². The lowest BCUT2D eigenvalue weighted by molar-refractivity contribution is -0.119. The maximum absolute atomic E-state index is 13.6. The zero-order chi connectivity index (χ0) is 22.8. The Morgan fingerprint density at radius 3 is 2.24 bits per heavy atom. The summed E-state index contributed by atoms with van der Waals surface area (Å²) in [5.74, 6) is 0.238. The van der Waals surface area contributed by atoms with Crippen LogP contribution < -0.4 is 5.32 Å². The molecule has 178 valence electrons. The number of hydrogen-bond donors (Lipinski definition) is 1. The topological polar surface area (TPSA) is 57.6 Å². The highest BCUT2D eigenvalue weighted by Crippen LogP contribution is 2.34. The molecule has 33 heavy (non-hydrogen) atoms. The van der Waals surface area contributed by atoms with Crippen molar-refractivity contribution in [2.24, 2.45) is 0 Å². The van der Waals surface area contributed by atoms with E-state index in [9.17, 15) is 9.59 Å². The lowest BCUT2D eigenvalue weighted by Gasteiger charge is -2.40. The number of carbonyl (C=O) groups is 2. The van der Waals surface area contributed by atoms with Crippen molar-refractivity contribution in [3.05, 3.63) is 36.0 Å². The smallest absolute Gasteiger partial charge is 0.256 e. The molecule has 1 N–H and O–H groups in total. The molecule has 0 unspecified atom stereocenters. The maximum atomic E-state index is 13.6. The fourth-order valence-electron chi connectivity index (χ4n) is 6.37. The average Bonchev–Trinajstić information content (AvgIpc) is 3.24. The van der Waals surface area contributed by atoms with Crippen molar-refractivity contribution in [3.63, 3.8) is 0 Å². The fraction of sp³-hybridized carbons (Fsp3) is 0.630. The van der Waals surface area contributed by atoms with E-state index in [-0.39, 0.29) is 17.9 Å². The summed E-state index contributed by atoms with van der Waals surface area (Å²) >= 11 is 0. The number of rotatable bonds is 4. The Bertz CT molecular complexity index is 977. The van der Waals surface area contributed by atoms with Crippen LogP contribution in [-0.4, -0.2) is 64.4 Å². The van der Waals surface area contributed by atoms with Gasteiger partial charge in [0.15, 0.2) is 0 Å². The second-order valence-electron chi connectivity index (χ2n) is 10.3. The van der Waals surface area contributed by atoms with Crippen molar-refractivity contribution in [1.29, 1.82) is 0 Å². The third-order valence-corrected chi connectivity index (χ3v) is 8.16. The Morgan fingerprint density at radius 2 is 1.55 bits per heavy atom. The molecule has 2 amide bonds. The summed E-state index contributed by atoms with van der Waals surface area (Å²) in [5, 5.41) is 4.14. The summed E-state index contributed by atoms with van der Waals surface area (Å²) in [4.78, 5) is 29.7. The van der Waals surface area contributed by atoms with Gasteiger partial charge in [-0.15, -0.1) is 0 Å². The first-order valence-electron chi connectivity index (χ1n) is 13.0. The summed E-state index contributed by atoms with van der Waals surface area (Å²) in [6.45, 7) is 5.26. The van der Waals surface area contributed by atoms with E-state index in [1.54, 1.807) is 6.92 Å². The van der Waals surface area contributed by atoms with Gasteiger partial charge in [0.1, 0.15) is 0 Å². The van der Waals surface area contributed by atoms with Gasteiger partial charge in [-0.1, -0.05) is 37.5 Å². The van der Waals surface area contributed by atoms with Gasteiger partial charge in [-0.25, -0.2) is 0 Å². The van der Waals surface area contributed by atoms with E-state index >= 15 is 0 Å². The van der Waals surface area contributed by atoms with Crippen LogP contribution in [0.3, 0.4) is 0 Å². The highest BCUT2D eigenvalue weighted by Gasteiger charge is 2.30. The molecule has 2 saturated carbocycles. The Kier molecular flexibility index (Phi) is 6.72. The SMILES string of the molecule is CC(=O)NC1CCC(n2cc(C(=O)N3CCN(C4CCCCC4)CC3)c3ccccc32)CC1. The monoisotopic (exact) mass is 450 g/mol. The van der Waals surface area contributed by atoms with Crippen LogP contribution in [0.5, 0.6) is 0 Å². The molecule has 2 aliphatic carbocycles. The summed E-state index contributed by atoms with van der Waals surface area (Å²) in [6, 6.07) is 9.74. The molecule has 1 aromatic heterocycles. The first-order chi connectivity index (χ1) is 16.1. The summed E-state index contributed by atoms with van der Waals surface area (Å²) < 4.78 is 2.34. The third-order valence-electron chi connectivity index (χ3n) is 8.16. The largest absolute Gasteiger partial charge is 0.354 e. The quantitative estimate of drug-likeness (QED) is 0.753. The van der Waals surface area contributed by atoms with Gasteiger partial charge in [0.2, 0.25) is 5.91 Å². The van der Waals surface area contributed by atoms with Gasteiger partial charge >= 0.3 is 0 Å². The Labute approximate surface area is 197 Å². The summed E-state index contributed by atoms with van der Waals surface area (Å²) in [5.41, 5.74) is 2.00. The first kappa shape index (κ1) is 22.5. The highest BCUT2D eigenvalue weighted by molar-refractivity contribution is 6.07. The second kappa shape index (κ2) is 9.88.